The molecule has 1 aromatic rings. The van der Waals surface area contributed by atoms with Crippen LogP contribution in [-0.4, -0.2) is 11.3 Å². The molecule has 23 heavy (non-hydrogen) atoms. The number of para-hydroxylation sites is 1. The molecule has 131 valence electrons. The quantitative estimate of drug-likeness (QED) is 0.312. The van der Waals surface area contributed by atoms with Crippen LogP contribution in [0.25, 0.3) is 0 Å². The van der Waals surface area contributed by atoms with E-state index in [4.69, 9.17) is 0 Å². The molecule has 0 unspecified atom stereocenters. The Morgan fingerprint density at radius 2 is 1.70 bits per heavy atom. The Morgan fingerprint density at radius 1 is 1.13 bits per heavy atom. The van der Waals surface area contributed by atoms with Crippen molar-refractivity contribution in [3.05, 3.63) is 23.8 Å². The first-order valence-electron chi connectivity index (χ1n) is 7.72. The number of phenols is 1. The summed E-state index contributed by atoms with van der Waals surface area (Å²) in [5.74, 6) is 1.27. The number of rotatable bonds is 3. The van der Waals surface area contributed by atoms with Gasteiger partial charge in [0.1, 0.15) is 11.4 Å². The van der Waals surface area contributed by atoms with E-state index < -0.39 is 8.59 Å². The molecule has 2 rings (SSSR count). The molecule has 0 saturated heterocycles. The van der Waals surface area contributed by atoms with Gasteiger partial charge in [-0.15, -0.1) is 0 Å². The summed E-state index contributed by atoms with van der Waals surface area (Å²) in [6.45, 7) is 4.17. The first-order chi connectivity index (χ1) is 10.7. The molecule has 2 nitrogen and oxygen atoms in total. The minimum absolute atomic E-state index is 0.329. The van der Waals surface area contributed by atoms with E-state index in [1.807, 2.05) is 24.4 Å². The third kappa shape index (κ3) is 10.2. The third-order valence-corrected chi connectivity index (χ3v) is 3.74. The van der Waals surface area contributed by atoms with E-state index in [2.05, 4.69) is 70.9 Å². The molecule has 1 saturated carbocycles. The Balaban J connectivity index is 0.000000463. The van der Waals surface area contributed by atoms with Crippen molar-refractivity contribution in [1.29, 1.82) is 0 Å². The van der Waals surface area contributed by atoms with Crippen molar-refractivity contribution in [2.24, 2.45) is 10.9 Å². The maximum absolute atomic E-state index is 10.2. The van der Waals surface area contributed by atoms with Crippen molar-refractivity contribution in [3.8, 4) is 5.75 Å². The number of benzene rings is 1. The van der Waals surface area contributed by atoms with Crippen molar-refractivity contribution in [3.63, 3.8) is 0 Å². The van der Waals surface area contributed by atoms with Gasteiger partial charge in [0.05, 0.1) is 0 Å². The van der Waals surface area contributed by atoms with E-state index in [1.54, 1.807) is 0 Å². The fourth-order valence-corrected chi connectivity index (χ4v) is 2.59. The number of hydrogen-bond acceptors (Lipinski definition) is 2. The third-order valence-electron chi connectivity index (χ3n) is 3.74. The maximum atomic E-state index is 10.2. The summed E-state index contributed by atoms with van der Waals surface area (Å²) in [5, 5.41) is 10.2. The van der Waals surface area contributed by atoms with Crippen LogP contribution in [0.4, 0.5) is 5.69 Å². The first kappa shape index (κ1) is 22.4. The predicted octanol–water partition coefficient (Wildman–Crippen LogP) is 8.18. The molecule has 0 radical (unpaired) electrons. The van der Waals surface area contributed by atoms with Gasteiger partial charge < -0.3 is 5.11 Å². The number of nitrogens with zero attached hydrogens (tertiary/aromatic N) is 1. The van der Waals surface area contributed by atoms with Gasteiger partial charge in [0.2, 0.25) is 0 Å². The molecule has 0 aliphatic heterocycles. The SMILES string of the molecule is CC(C)c1cccc(N=CC2CCCCC2)c1O.[Br][Ta]([Br])([Br])[Br]. The molecule has 1 N–H and O–H groups in total. The Kier molecular flexibility index (Phi) is 10.9. The summed E-state index contributed by atoms with van der Waals surface area (Å²) in [6.07, 6.45) is 8.52. The van der Waals surface area contributed by atoms with E-state index in [9.17, 15) is 5.11 Å². The molecule has 1 fully saturated rings. The number of hydrogen-bond donors (Lipinski definition) is 1. The number of halogens is 4. The molecule has 0 atom stereocenters. The Bertz CT molecular complexity index is 505. The second-order valence-electron chi connectivity index (χ2n) is 5.93. The van der Waals surface area contributed by atoms with Gasteiger partial charge in [-0.1, -0.05) is 45.2 Å². The second-order valence-corrected chi connectivity index (χ2v) is 90.3. The van der Waals surface area contributed by atoms with Crippen LogP contribution in [0, 0.1) is 5.92 Å². The van der Waals surface area contributed by atoms with Crippen LogP contribution in [0.2, 0.25) is 0 Å². The van der Waals surface area contributed by atoms with E-state index in [0.29, 0.717) is 23.3 Å². The van der Waals surface area contributed by atoms with Crippen LogP contribution < -0.4 is 0 Å². The zero-order chi connectivity index (χ0) is 17.5. The fourth-order valence-electron chi connectivity index (χ4n) is 2.59. The van der Waals surface area contributed by atoms with Crippen LogP contribution in [-0.2, 0) is 8.59 Å². The van der Waals surface area contributed by atoms with Gasteiger partial charge in [-0.2, -0.15) is 0 Å². The zero-order valence-corrected chi connectivity index (χ0v) is 22.9. The fraction of sp³-hybridized carbons (Fsp3) is 0.562. The predicted molar refractivity (Wildman–Crippen MR) is 113 cm³/mol. The number of aromatic hydroxyl groups is 1. The standard InChI is InChI=1S/C16H23NO.4BrH.Ta/c1-12(2)14-9-6-10-15(16(14)18)17-11-13-7-4-3-5-8-13;;;;;/h6,9-13,18H,3-5,7-8H2,1-2H3;4*1H;/q;;;;;+4/p-4. The summed E-state index contributed by atoms with van der Waals surface area (Å²) in [4.78, 5) is 4.50. The molecule has 7 heteroatoms. The van der Waals surface area contributed by atoms with E-state index in [0.717, 1.165) is 5.56 Å². The average Bonchev–Trinajstić information content (AvgIpc) is 2.45. The summed E-state index contributed by atoms with van der Waals surface area (Å²) < 4.78 is 0. The van der Waals surface area contributed by atoms with Gasteiger partial charge >= 0.3 is 60.7 Å². The van der Waals surface area contributed by atoms with Crippen molar-refractivity contribution in [1.82, 2.24) is 0 Å². The molecule has 0 heterocycles. The second kappa shape index (κ2) is 11.1. The monoisotopic (exact) mass is 742 g/mol. The summed E-state index contributed by atoms with van der Waals surface area (Å²) in [6, 6.07) is 5.84. The normalized spacial score (nSPS) is 16.5. The molecular formula is C16H23Br4NOTa. The summed E-state index contributed by atoms with van der Waals surface area (Å²) in [7, 11) is -1.97. The average molecular weight is 746 g/mol. The first-order valence-corrected chi connectivity index (χ1v) is 35.8. The molecule has 0 amide bonds. The van der Waals surface area contributed by atoms with Crippen molar-refractivity contribution in [2.45, 2.75) is 51.9 Å². The Hall–Kier alpha value is 1.35. The number of phenolic OH excluding ortho intramolecular Hbond substituents is 1. The minimum atomic E-state index is -1.97. The van der Waals surface area contributed by atoms with Crippen LogP contribution in [0.5, 0.6) is 5.75 Å². The van der Waals surface area contributed by atoms with Crippen LogP contribution in [0.1, 0.15) is 57.4 Å². The summed E-state index contributed by atoms with van der Waals surface area (Å²) in [5.41, 5.74) is 1.69. The van der Waals surface area contributed by atoms with Crippen LogP contribution in [0.3, 0.4) is 0 Å². The zero-order valence-electron chi connectivity index (χ0n) is 13.4. The topological polar surface area (TPSA) is 32.6 Å². The van der Waals surface area contributed by atoms with Gasteiger partial charge in [0, 0.05) is 6.21 Å². The van der Waals surface area contributed by atoms with Gasteiger partial charge in [-0.05, 0) is 36.3 Å². The molecular weight excluding hydrogens is 723 g/mol. The van der Waals surface area contributed by atoms with E-state index in [-0.39, 0.29) is 0 Å². The van der Waals surface area contributed by atoms with Crippen molar-refractivity contribution in [2.75, 3.05) is 0 Å². The Morgan fingerprint density at radius 3 is 2.22 bits per heavy atom. The molecule has 0 bridgehead atoms. The van der Waals surface area contributed by atoms with E-state index in [1.165, 1.54) is 32.1 Å². The molecule has 0 aromatic heterocycles. The van der Waals surface area contributed by atoms with Crippen LogP contribution in [0.15, 0.2) is 23.2 Å². The van der Waals surface area contributed by atoms with Crippen molar-refractivity contribution < 1.29 is 13.7 Å². The number of aliphatic imine (C=N–C) groups is 1. The van der Waals surface area contributed by atoms with Gasteiger partial charge in [-0.25, -0.2) is 0 Å². The Labute approximate surface area is 168 Å². The molecule has 1 aliphatic carbocycles. The van der Waals surface area contributed by atoms with E-state index >= 15 is 0 Å². The van der Waals surface area contributed by atoms with Gasteiger partial charge in [-0.3, -0.25) is 4.99 Å². The summed E-state index contributed by atoms with van der Waals surface area (Å²) >= 11 is 13.4. The van der Waals surface area contributed by atoms with Gasteiger partial charge in [0.15, 0.2) is 0 Å². The molecule has 1 aromatic carbocycles. The molecule has 0 spiro atoms. The van der Waals surface area contributed by atoms with Crippen LogP contribution >= 0.6 is 52.1 Å². The van der Waals surface area contributed by atoms with Crippen molar-refractivity contribution >= 4 is 64.0 Å². The molecule has 1 aliphatic rings. The van der Waals surface area contributed by atoms with Gasteiger partial charge in [0.25, 0.3) is 0 Å².